The number of aliphatic hydroxyl groups is 1. The van der Waals surface area contributed by atoms with E-state index in [1.165, 1.54) is 6.08 Å². The number of ether oxygens (including phenoxy) is 1. The predicted molar refractivity (Wildman–Crippen MR) is 107 cm³/mol. The van der Waals surface area contributed by atoms with E-state index < -0.39 is 0 Å². The first-order chi connectivity index (χ1) is 14.1. The summed E-state index contributed by atoms with van der Waals surface area (Å²) in [5, 5.41) is 17.5. The van der Waals surface area contributed by atoms with Crippen molar-refractivity contribution in [2.45, 2.75) is 13.2 Å². The smallest absolute Gasteiger partial charge is 0.245 e. The predicted octanol–water partition coefficient (Wildman–Crippen LogP) is 1.27. The molecule has 1 atom stereocenters. The Hall–Kier alpha value is -3.40. The van der Waals surface area contributed by atoms with Crippen molar-refractivity contribution in [1.29, 1.82) is 0 Å². The zero-order valence-corrected chi connectivity index (χ0v) is 16.2. The van der Waals surface area contributed by atoms with Gasteiger partial charge in [-0.1, -0.05) is 6.58 Å². The van der Waals surface area contributed by atoms with Crippen molar-refractivity contribution >= 4 is 28.6 Å². The van der Waals surface area contributed by atoms with Crippen molar-refractivity contribution in [3.05, 3.63) is 37.3 Å². The number of carbonyl (C=O) groups excluding carboxylic acids is 1. The quantitative estimate of drug-likeness (QED) is 0.578. The molecule has 10 heteroatoms. The van der Waals surface area contributed by atoms with Gasteiger partial charge in [-0.15, -0.1) is 0 Å². The fourth-order valence-corrected chi connectivity index (χ4v) is 3.43. The standard InChI is InChI=1S/C19H23N7O3/c1-3-16(28)25-6-4-13(9-25)11-29-18-15-5-7-26(12-27)17(15)22-19(23-18)21-14-8-20-24(2)10-14/h3,5,7-8,10,13,27H,1,4,6,9,11-12H2,2H3,(H,21,22,23). The Bertz CT molecular complexity index is 1040. The second kappa shape index (κ2) is 7.92. The van der Waals surface area contributed by atoms with Crippen LogP contribution >= 0.6 is 0 Å². The van der Waals surface area contributed by atoms with Crippen molar-refractivity contribution in [2.75, 3.05) is 25.0 Å². The van der Waals surface area contributed by atoms with Gasteiger partial charge in [0.05, 0.1) is 23.9 Å². The molecule has 0 radical (unpaired) electrons. The van der Waals surface area contributed by atoms with E-state index in [-0.39, 0.29) is 18.6 Å². The molecule has 1 aliphatic rings. The van der Waals surface area contributed by atoms with E-state index >= 15 is 0 Å². The van der Waals surface area contributed by atoms with E-state index in [2.05, 4.69) is 27.0 Å². The van der Waals surface area contributed by atoms with Crippen molar-refractivity contribution in [2.24, 2.45) is 13.0 Å². The van der Waals surface area contributed by atoms with Crippen LogP contribution in [0.5, 0.6) is 5.88 Å². The molecule has 1 amide bonds. The van der Waals surface area contributed by atoms with Gasteiger partial charge in [-0.05, 0) is 18.6 Å². The van der Waals surface area contributed by atoms with Crippen molar-refractivity contribution < 1.29 is 14.6 Å². The number of aromatic nitrogens is 5. The number of hydrogen-bond donors (Lipinski definition) is 2. The molecule has 2 N–H and O–H groups in total. The lowest BCUT2D eigenvalue weighted by Crippen LogP contribution is -2.27. The fraction of sp³-hybridized carbons (Fsp3) is 0.368. The van der Waals surface area contributed by atoms with E-state index in [1.54, 1.807) is 26.5 Å². The van der Waals surface area contributed by atoms with E-state index in [9.17, 15) is 9.90 Å². The third-order valence-corrected chi connectivity index (χ3v) is 4.93. The normalized spacial score (nSPS) is 16.3. The van der Waals surface area contributed by atoms with Gasteiger partial charge < -0.3 is 24.6 Å². The molecule has 3 aromatic rings. The van der Waals surface area contributed by atoms with Gasteiger partial charge in [0.25, 0.3) is 0 Å². The Kier molecular flexibility index (Phi) is 5.17. The molecule has 1 fully saturated rings. The third-order valence-electron chi connectivity index (χ3n) is 4.93. The number of likely N-dealkylation sites (tertiary alicyclic amines) is 1. The first-order valence-corrected chi connectivity index (χ1v) is 9.35. The molecule has 0 aliphatic carbocycles. The maximum atomic E-state index is 11.8. The van der Waals surface area contributed by atoms with Crippen molar-refractivity contribution in [1.82, 2.24) is 29.2 Å². The molecule has 0 saturated carbocycles. The van der Waals surface area contributed by atoms with E-state index in [4.69, 9.17) is 4.74 Å². The SMILES string of the molecule is C=CC(=O)N1CCC(COc2nc(Nc3cnn(C)c3)nc3c2ccn3CO)C1. The number of hydrogen-bond acceptors (Lipinski definition) is 7. The number of fused-ring (bicyclic) bond motifs is 1. The lowest BCUT2D eigenvalue weighted by atomic mass is 10.1. The molecule has 0 aromatic carbocycles. The monoisotopic (exact) mass is 397 g/mol. The van der Waals surface area contributed by atoms with Crippen LogP contribution < -0.4 is 10.1 Å². The molecule has 4 heterocycles. The summed E-state index contributed by atoms with van der Waals surface area (Å²) < 4.78 is 9.32. The van der Waals surface area contributed by atoms with Gasteiger partial charge in [-0.2, -0.15) is 15.1 Å². The highest BCUT2D eigenvalue weighted by atomic mass is 16.5. The van der Waals surface area contributed by atoms with Gasteiger partial charge in [-0.25, -0.2) is 0 Å². The highest BCUT2D eigenvalue weighted by molar-refractivity contribution is 5.87. The largest absolute Gasteiger partial charge is 0.477 e. The number of aliphatic hydroxyl groups excluding tert-OH is 1. The van der Waals surface area contributed by atoms with E-state index in [0.717, 1.165) is 12.1 Å². The molecule has 3 aromatic heterocycles. The van der Waals surface area contributed by atoms with Crippen LogP contribution in [0, 0.1) is 5.92 Å². The van der Waals surface area contributed by atoms with Gasteiger partial charge >= 0.3 is 0 Å². The summed E-state index contributed by atoms with van der Waals surface area (Å²) in [6.07, 6.45) is 7.42. The average molecular weight is 397 g/mol. The molecule has 10 nitrogen and oxygen atoms in total. The van der Waals surface area contributed by atoms with Gasteiger partial charge in [0, 0.05) is 38.4 Å². The van der Waals surface area contributed by atoms with Gasteiger partial charge in [0.1, 0.15) is 6.73 Å². The fourth-order valence-electron chi connectivity index (χ4n) is 3.43. The molecule has 152 valence electrons. The highest BCUT2D eigenvalue weighted by Crippen LogP contribution is 2.27. The van der Waals surface area contributed by atoms with Crippen molar-refractivity contribution in [3.63, 3.8) is 0 Å². The minimum atomic E-state index is -0.201. The number of nitrogens with one attached hydrogen (secondary N) is 1. The Morgan fingerprint density at radius 1 is 1.48 bits per heavy atom. The third kappa shape index (κ3) is 3.92. The zero-order chi connectivity index (χ0) is 20.4. The zero-order valence-electron chi connectivity index (χ0n) is 16.2. The molecule has 1 unspecified atom stereocenters. The van der Waals surface area contributed by atoms with Crippen LogP contribution in [0.25, 0.3) is 11.0 Å². The Morgan fingerprint density at radius 3 is 3.07 bits per heavy atom. The number of rotatable bonds is 7. The summed E-state index contributed by atoms with van der Waals surface area (Å²) in [5.41, 5.74) is 1.31. The second-order valence-electron chi connectivity index (χ2n) is 7.00. The van der Waals surface area contributed by atoms with Crippen LogP contribution in [-0.4, -0.2) is 59.9 Å². The molecule has 1 aliphatic heterocycles. The van der Waals surface area contributed by atoms with Crippen LogP contribution in [0.1, 0.15) is 6.42 Å². The minimum Gasteiger partial charge on any atom is -0.477 e. The number of amides is 1. The number of anilines is 2. The van der Waals surface area contributed by atoms with Crippen molar-refractivity contribution in [3.8, 4) is 5.88 Å². The molecule has 29 heavy (non-hydrogen) atoms. The van der Waals surface area contributed by atoms with Crippen LogP contribution in [0.4, 0.5) is 11.6 Å². The van der Waals surface area contributed by atoms with Crippen LogP contribution in [0.15, 0.2) is 37.3 Å². The summed E-state index contributed by atoms with van der Waals surface area (Å²) in [5.74, 6) is 0.948. The van der Waals surface area contributed by atoms with Gasteiger partial charge in [-0.3, -0.25) is 9.48 Å². The maximum Gasteiger partial charge on any atom is 0.245 e. The highest BCUT2D eigenvalue weighted by Gasteiger charge is 2.26. The molecular weight excluding hydrogens is 374 g/mol. The summed E-state index contributed by atoms with van der Waals surface area (Å²) in [7, 11) is 1.82. The van der Waals surface area contributed by atoms with Gasteiger partial charge in [0.15, 0.2) is 5.65 Å². The second-order valence-corrected chi connectivity index (χ2v) is 7.00. The Morgan fingerprint density at radius 2 is 2.34 bits per heavy atom. The summed E-state index contributed by atoms with van der Waals surface area (Å²) in [4.78, 5) is 22.5. The Labute approximate surface area is 167 Å². The maximum absolute atomic E-state index is 11.8. The van der Waals surface area contributed by atoms with Crippen LogP contribution in [0.3, 0.4) is 0 Å². The van der Waals surface area contributed by atoms with Crippen LogP contribution in [0.2, 0.25) is 0 Å². The lowest BCUT2D eigenvalue weighted by molar-refractivity contribution is -0.125. The summed E-state index contributed by atoms with van der Waals surface area (Å²) >= 11 is 0. The summed E-state index contributed by atoms with van der Waals surface area (Å²) in [6.45, 7) is 5.11. The molecule has 4 rings (SSSR count). The molecular formula is C19H23N7O3. The minimum absolute atomic E-state index is 0.0556. The van der Waals surface area contributed by atoms with Gasteiger partial charge in [0.2, 0.25) is 17.7 Å². The average Bonchev–Trinajstić information content (AvgIpc) is 3.45. The first kappa shape index (κ1) is 18.9. The number of aryl methyl sites for hydroxylation is 1. The molecule has 1 saturated heterocycles. The molecule has 0 spiro atoms. The van der Waals surface area contributed by atoms with E-state index in [1.807, 2.05) is 19.3 Å². The number of carbonyl (C=O) groups is 1. The van der Waals surface area contributed by atoms with E-state index in [0.29, 0.717) is 42.6 Å². The molecule has 0 bridgehead atoms. The summed E-state index contributed by atoms with van der Waals surface area (Å²) in [6, 6.07) is 1.82. The first-order valence-electron chi connectivity index (χ1n) is 9.35. The topological polar surface area (TPSA) is 110 Å². The Balaban J connectivity index is 1.55. The van der Waals surface area contributed by atoms with Crippen LogP contribution in [-0.2, 0) is 18.6 Å². The number of nitrogens with zero attached hydrogens (tertiary/aromatic N) is 6. The lowest BCUT2D eigenvalue weighted by Gasteiger charge is -2.15.